The molecule has 2 N–H and O–H groups in total. The average molecular weight is 518 g/mol. The van der Waals surface area contributed by atoms with Crippen LogP contribution in [0.5, 0.6) is 0 Å². The molecule has 2 fully saturated rings. The van der Waals surface area contributed by atoms with E-state index in [2.05, 4.69) is 36.4 Å². The number of aromatic nitrogens is 2. The maximum absolute atomic E-state index is 13.7. The highest BCUT2D eigenvalue weighted by molar-refractivity contribution is 7.92. The van der Waals surface area contributed by atoms with Gasteiger partial charge in [0.25, 0.3) is 0 Å². The zero-order chi connectivity index (χ0) is 24.6. The zero-order valence-corrected chi connectivity index (χ0v) is 22.9. The van der Waals surface area contributed by atoms with Crippen LogP contribution in [0.1, 0.15) is 75.8 Å². The summed E-state index contributed by atoms with van der Waals surface area (Å²) in [7, 11) is -1.39. The van der Waals surface area contributed by atoms with Crippen LogP contribution in [0.2, 0.25) is 0 Å². The molecule has 1 saturated heterocycles. The van der Waals surface area contributed by atoms with Crippen molar-refractivity contribution in [3.05, 3.63) is 22.7 Å². The van der Waals surface area contributed by atoms with Crippen LogP contribution in [-0.2, 0) is 22.7 Å². The van der Waals surface area contributed by atoms with Gasteiger partial charge in [0.1, 0.15) is 11.6 Å². The summed E-state index contributed by atoms with van der Waals surface area (Å²) in [5.74, 6) is 1.21. The van der Waals surface area contributed by atoms with E-state index < -0.39 is 9.84 Å². The third-order valence-electron chi connectivity index (χ3n) is 7.88. The molecule has 0 spiro atoms. The monoisotopic (exact) mass is 517 g/mol. The second-order valence-electron chi connectivity index (χ2n) is 11.5. The lowest BCUT2D eigenvalue weighted by atomic mass is 9.79. The number of anilines is 3. The van der Waals surface area contributed by atoms with Gasteiger partial charge in [-0.2, -0.15) is 0 Å². The van der Waals surface area contributed by atoms with E-state index in [9.17, 15) is 8.42 Å². The Kier molecular flexibility index (Phi) is 7.12. The van der Waals surface area contributed by atoms with Gasteiger partial charge in [0.05, 0.1) is 15.8 Å². The first-order chi connectivity index (χ1) is 16.7. The standard InChI is InChI=1S/C26H39N5O2S2/c1-26(2)12-9-21-22(17-26)34-25(28-21)30-24-16-20(35(32,33)19-10-13-31(3)14-11-19)15-23(29-24)27-18-7-5-4-6-8-18/h15-16,18-19H,4-14,17H2,1-3H3,(H2,27,28,29,30). The fourth-order valence-electron chi connectivity index (χ4n) is 5.61. The predicted molar refractivity (Wildman–Crippen MR) is 144 cm³/mol. The second kappa shape index (κ2) is 9.98. The summed E-state index contributed by atoms with van der Waals surface area (Å²) in [5.41, 5.74) is 1.47. The lowest BCUT2D eigenvalue weighted by molar-refractivity contribution is 0.277. The quantitative estimate of drug-likeness (QED) is 0.530. The number of piperidine rings is 1. The van der Waals surface area contributed by atoms with Crippen LogP contribution in [0.4, 0.5) is 16.8 Å². The molecule has 0 unspecified atom stereocenters. The van der Waals surface area contributed by atoms with Crippen molar-refractivity contribution in [3.63, 3.8) is 0 Å². The van der Waals surface area contributed by atoms with Crippen molar-refractivity contribution < 1.29 is 8.42 Å². The summed E-state index contributed by atoms with van der Waals surface area (Å²) in [5, 5.41) is 7.38. The van der Waals surface area contributed by atoms with Crippen LogP contribution in [0.3, 0.4) is 0 Å². The number of hydrogen-bond acceptors (Lipinski definition) is 8. The number of sulfone groups is 1. The van der Waals surface area contributed by atoms with Crippen LogP contribution < -0.4 is 10.6 Å². The van der Waals surface area contributed by atoms with E-state index in [-0.39, 0.29) is 5.25 Å². The number of nitrogens with zero attached hydrogens (tertiary/aromatic N) is 3. The van der Waals surface area contributed by atoms with Gasteiger partial charge in [-0.15, -0.1) is 11.3 Å². The minimum Gasteiger partial charge on any atom is -0.367 e. The molecule has 1 saturated carbocycles. The number of hydrogen-bond donors (Lipinski definition) is 2. The lowest BCUT2D eigenvalue weighted by Gasteiger charge is -2.29. The van der Waals surface area contributed by atoms with Crippen molar-refractivity contribution in [2.24, 2.45) is 5.41 Å². The second-order valence-corrected chi connectivity index (χ2v) is 14.8. The Morgan fingerprint density at radius 2 is 1.74 bits per heavy atom. The Morgan fingerprint density at radius 3 is 2.49 bits per heavy atom. The van der Waals surface area contributed by atoms with Gasteiger partial charge < -0.3 is 15.5 Å². The smallest absolute Gasteiger partial charge is 0.188 e. The molecule has 9 heteroatoms. The average Bonchev–Trinajstić information content (AvgIpc) is 3.20. The van der Waals surface area contributed by atoms with Crippen LogP contribution in [0.15, 0.2) is 17.0 Å². The third kappa shape index (κ3) is 5.83. The molecule has 0 aromatic carbocycles. The molecular weight excluding hydrogens is 478 g/mol. The Balaban J connectivity index is 1.43. The lowest BCUT2D eigenvalue weighted by Crippen LogP contribution is -2.37. The van der Waals surface area contributed by atoms with Gasteiger partial charge in [-0.3, -0.25) is 0 Å². The van der Waals surface area contributed by atoms with E-state index >= 15 is 0 Å². The molecule has 0 radical (unpaired) electrons. The largest absolute Gasteiger partial charge is 0.367 e. The highest BCUT2D eigenvalue weighted by Crippen LogP contribution is 2.39. The number of likely N-dealkylation sites (tertiary alicyclic amines) is 1. The van der Waals surface area contributed by atoms with E-state index in [1.807, 2.05) is 0 Å². The first-order valence-corrected chi connectivity index (χ1v) is 15.5. The maximum atomic E-state index is 13.7. The predicted octanol–water partition coefficient (Wildman–Crippen LogP) is 5.41. The molecule has 5 rings (SSSR count). The first-order valence-electron chi connectivity index (χ1n) is 13.1. The minimum absolute atomic E-state index is 0.300. The zero-order valence-electron chi connectivity index (χ0n) is 21.3. The molecule has 2 aromatic heterocycles. The van der Waals surface area contributed by atoms with Crippen molar-refractivity contribution in [2.75, 3.05) is 30.8 Å². The van der Waals surface area contributed by atoms with Crippen LogP contribution in [0, 0.1) is 5.41 Å². The number of aryl methyl sites for hydroxylation is 1. The molecule has 2 aromatic rings. The van der Waals surface area contributed by atoms with Gasteiger partial charge >= 0.3 is 0 Å². The molecule has 3 heterocycles. The normalized spacial score (nSPS) is 22.0. The van der Waals surface area contributed by atoms with Gasteiger partial charge in [0.2, 0.25) is 0 Å². The third-order valence-corrected chi connectivity index (χ3v) is 11.1. The fraction of sp³-hybridized carbons (Fsp3) is 0.692. The van der Waals surface area contributed by atoms with E-state index in [0.29, 0.717) is 40.8 Å². The molecule has 0 bridgehead atoms. The van der Waals surface area contributed by atoms with Crippen LogP contribution >= 0.6 is 11.3 Å². The minimum atomic E-state index is -3.44. The van der Waals surface area contributed by atoms with E-state index in [1.54, 1.807) is 23.5 Å². The fourth-order valence-corrected chi connectivity index (χ4v) is 8.65. The van der Waals surface area contributed by atoms with Gasteiger partial charge in [0.15, 0.2) is 15.0 Å². The molecule has 7 nitrogen and oxygen atoms in total. The molecule has 35 heavy (non-hydrogen) atoms. The molecule has 0 amide bonds. The van der Waals surface area contributed by atoms with Crippen molar-refractivity contribution in [1.82, 2.24) is 14.9 Å². The van der Waals surface area contributed by atoms with Gasteiger partial charge in [0, 0.05) is 10.9 Å². The SMILES string of the molecule is CN1CCC(S(=O)(=O)c2cc(Nc3nc4c(s3)CC(C)(C)CC4)nc(NC3CCCCC3)c2)CC1. The molecular formula is C26H39N5O2S2. The van der Waals surface area contributed by atoms with Crippen molar-refractivity contribution in [1.29, 1.82) is 0 Å². The highest BCUT2D eigenvalue weighted by atomic mass is 32.2. The summed E-state index contributed by atoms with van der Waals surface area (Å²) >= 11 is 1.68. The Bertz CT molecular complexity index is 1150. The van der Waals surface area contributed by atoms with Gasteiger partial charge in [-0.05, 0) is 82.6 Å². The van der Waals surface area contributed by atoms with Gasteiger partial charge in [-0.1, -0.05) is 33.1 Å². The molecule has 0 atom stereocenters. The Labute approximate surface area is 214 Å². The van der Waals surface area contributed by atoms with Crippen molar-refractivity contribution >= 4 is 37.9 Å². The summed E-state index contributed by atoms with van der Waals surface area (Å²) < 4.78 is 27.3. The van der Waals surface area contributed by atoms with E-state index in [1.165, 1.54) is 29.8 Å². The van der Waals surface area contributed by atoms with Gasteiger partial charge in [-0.25, -0.2) is 18.4 Å². The van der Waals surface area contributed by atoms with Crippen molar-refractivity contribution in [3.8, 4) is 0 Å². The Hall–Kier alpha value is -1.71. The van der Waals surface area contributed by atoms with E-state index in [4.69, 9.17) is 9.97 Å². The number of fused-ring (bicyclic) bond motifs is 1. The van der Waals surface area contributed by atoms with Crippen molar-refractivity contribution in [2.45, 2.75) is 94.2 Å². The summed E-state index contributed by atoms with van der Waals surface area (Å²) in [6.07, 6.45) is 10.4. The van der Waals surface area contributed by atoms with Crippen LogP contribution in [-0.4, -0.2) is 54.7 Å². The Morgan fingerprint density at radius 1 is 1.03 bits per heavy atom. The van der Waals surface area contributed by atoms with Crippen LogP contribution in [0.25, 0.3) is 0 Å². The molecule has 1 aliphatic heterocycles. The molecule has 192 valence electrons. The summed E-state index contributed by atoms with van der Waals surface area (Å²) in [4.78, 5) is 13.5. The highest BCUT2D eigenvalue weighted by Gasteiger charge is 2.32. The summed E-state index contributed by atoms with van der Waals surface area (Å²) in [6.45, 7) is 6.25. The summed E-state index contributed by atoms with van der Waals surface area (Å²) in [6, 6.07) is 3.81. The molecule has 2 aliphatic carbocycles. The number of thiazole rings is 1. The number of rotatable bonds is 6. The maximum Gasteiger partial charge on any atom is 0.188 e. The topological polar surface area (TPSA) is 87.2 Å². The van der Waals surface area contributed by atoms with E-state index in [0.717, 1.165) is 50.3 Å². The first kappa shape index (κ1) is 25.0. The molecule has 3 aliphatic rings. The number of nitrogens with one attached hydrogen (secondary N) is 2. The number of pyridine rings is 1.